The van der Waals surface area contributed by atoms with Crippen LogP contribution in [0.3, 0.4) is 0 Å². The van der Waals surface area contributed by atoms with E-state index in [4.69, 9.17) is 4.74 Å². The predicted octanol–water partition coefficient (Wildman–Crippen LogP) is 0.446. The zero-order valence-electron chi connectivity index (χ0n) is 10.6. The molecule has 0 aliphatic carbocycles. The van der Waals surface area contributed by atoms with Crippen LogP contribution in [0.1, 0.15) is 26.2 Å². The minimum absolute atomic E-state index is 0.153. The maximum Gasteiger partial charge on any atom is 0.214 e. The lowest BCUT2D eigenvalue weighted by Gasteiger charge is -2.32. The van der Waals surface area contributed by atoms with Gasteiger partial charge >= 0.3 is 0 Å². The third-order valence-electron chi connectivity index (χ3n) is 3.32. The standard InChI is InChI=1S/C11H23NO4S/c1-10(13)11-4-6-12(7-5-11)17(14,15)9-3-8-16-2/h10-11,13H,3-9H2,1-2H3. The third kappa shape index (κ3) is 4.54. The maximum atomic E-state index is 11.9. The van der Waals surface area contributed by atoms with Gasteiger partial charge in [-0.15, -0.1) is 0 Å². The molecule has 0 spiro atoms. The van der Waals surface area contributed by atoms with E-state index in [-0.39, 0.29) is 17.8 Å². The van der Waals surface area contributed by atoms with Crippen molar-refractivity contribution in [3.8, 4) is 0 Å². The van der Waals surface area contributed by atoms with Gasteiger partial charge in [0.2, 0.25) is 10.0 Å². The minimum atomic E-state index is -3.13. The molecule has 1 aliphatic heterocycles. The Morgan fingerprint density at radius 3 is 2.47 bits per heavy atom. The quantitative estimate of drug-likeness (QED) is 0.708. The lowest BCUT2D eigenvalue weighted by Crippen LogP contribution is -2.41. The van der Waals surface area contributed by atoms with Crippen LogP contribution in [-0.4, -0.2) is 56.5 Å². The summed E-state index contributed by atoms with van der Waals surface area (Å²) in [5, 5.41) is 9.46. The molecule has 0 bridgehead atoms. The molecule has 1 unspecified atom stereocenters. The van der Waals surface area contributed by atoms with Crippen molar-refractivity contribution in [1.29, 1.82) is 0 Å². The molecule has 1 rings (SSSR count). The van der Waals surface area contributed by atoms with Crippen LogP contribution in [0.2, 0.25) is 0 Å². The second-order valence-corrected chi connectivity index (χ2v) is 6.73. The Kier molecular flexibility index (Phi) is 5.85. The highest BCUT2D eigenvalue weighted by molar-refractivity contribution is 7.89. The fourth-order valence-corrected chi connectivity index (χ4v) is 3.66. The Hall–Kier alpha value is -0.170. The van der Waals surface area contributed by atoms with Gasteiger partial charge in [-0.05, 0) is 32.1 Å². The fourth-order valence-electron chi connectivity index (χ4n) is 2.15. The van der Waals surface area contributed by atoms with Crippen LogP contribution in [0.15, 0.2) is 0 Å². The number of aliphatic hydroxyl groups is 1. The molecular formula is C11H23NO4S. The number of ether oxygens (including phenoxy) is 1. The number of nitrogens with zero attached hydrogens (tertiary/aromatic N) is 1. The van der Waals surface area contributed by atoms with Crippen molar-refractivity contribution in [2.45, 2.75) is 32.3 Å². The van der Waals surface area contributed by atoms with E-state index in [1.54, 1.807) is 18.3 Å². The minimum Gasteiger partial charge on any atom is -0.393 e. The molecule has 1 saturated heterocycles. The Balaban J connectivity index is 2.41. The second kappa shape index (κ2) is 6.68. The summed E-state index contributed by atoms with van der Waals surface area (Å²) >= 11 is 0. The van der Waals surface area contributed by atoms with Gasteiger partial charge in [0, 0.05) is 26.8 Å². The number of hydrogen-bond donors (Lipinski definition) is 1. The highest BCUT2D eigenvalue weighted by atomic mass is 32.2. The summed E-state index contributed by atoms with van der Waals surface area (Å²) in [6.07, 6.45) is 1.70. The van der Waals surface area contributed by atoms with Crippen LogP contribution in [0.4, 0.5) is 0 Å². The van der Waals surface area contributed by atoms with E-state index in [9.17, 15) is 13.5 Å². The molecule has 1 fully saturated rings. The van der Waals surface area contributed by atoms with Crippen LogP contribution in [-0.2, 0) is 14.8 Å². The smallest absolute Gasteiger partial charge is 0.214 e. The van der Waals surface area contributed by atoms with Crippen molar-refractivity contribution in [3.63, 3.8) is 0 Å². The van der Waals surface area contributed by atoms with Gasteiger partial charge in [0.15, 0.2) is 0 Å². The van der Waals surface area contributed by atoms with Gasteiger partial charge in [0.1, 0.15) is 0 Å². The number of hydrogen-bond acceptors (Lipinski definition) is 4. The summed E-state index contributed by atoms with van der Waals surface area (Å²) in [7, 11) is -1.56. The molecule has 1 heterocycles. The van der Waals surface area contributed by atoms with Crippen LogP contribution < -0.4 is 0 Å². The second-order valence-electron chi connectivity index (χ2n) is 4.64. The Labute approximate surface area is 104 Å². The van der Waals surface area contributed by atoms with Gasteiger partial charge in [-0.3, -0.25) is 0 Å². The SMILES string of the molecule is COCCCS(=O)(=O)N1CCC(C(C)O)CC1. The molecule has 6 heteroatoms. The van der Waals surface area contributed by atoms with Gasteiger partial charge in [-0.1, -0.05) is 0 Å². The van der Waals surface area contributed by atoms with E-state index < -0.39 is 10.0 Å². The molecule has 1 aliphatic rings. The molecule has 0 aromatic rings. The lowest BCUT2D eigenvalue weighted by atomic mass is 9.93. The van der Waals surface area contributed by atoms with Crippen molar-refractivity contribution in [1.82, 2.24) is 4.31 Å². The maximum absolute atomic E-state index is 11.9. The number of methoxy groups -OCH3 is 1. The molecule has 1 atom stereocenters. The highest BCUT2D eigenvalue weighted by Gasteiger charge is 2.29. The molecule has 102 valence electrons. The third-order valence-corrected chi connectivity index (χ3v) is 5.28. The first-order chi connectivity index (χ1) is 7.97. The monoisotopic (exact) mass is 265 g/mol. The lowest BCUT2D eigenvalue weighted by molar-refractivity contribution is 0.0911. The van der Waals surface area contributed by atoms with Crippen molar-refractivity contribution in [2.24, 2.45) is 5.92 Å². The Bertz CT molecular complexity index is 307. The van der Waals surface area contributed by atoms with Gasteiger partial charge in [0.25, 0.3) is 0 Å². The van der Waals surface area contributed by atoms with E-state index in [0.717, 1.165) is 12.8 Å². The predicted molar refractivity (Wildman–Crippen MR) is 66.3 cm³/mol. The zero-order valence-corrected chi connectivity index (χ0v) is 11.4. The Morgan fingerprint density at radius 2 is 2.00 bits per heavy atom. The highest BCUT2D eigenvalue weighted by Crippen LogP contribution is 2.22. The van der Waals surface area contributed by atoms with E-state index in [1.165, 1.54) is 0 Å². The number of aliphatic hydroxyl groups excluding tert-OH is 1. The van der Waals surface area contributed by atoms with Gasteiger partial charge in [0.05, 0.1) is 11.9 Å². The van der Waals surface area contributed by atoms with Gasteiger partial charge in [-0.25, -0.2) is 12.7 Å². The first-order valence-corrected chi connectivity index (χ1v) is 7.73. The van der Waals surface area contributed by atoms with Crippen LogP contribution in [0.5, 0.6) is 0 Å². The zero-order chi connectivity index (χ0) is 12.9. The molecule has 17 heavy (non-hydrogen) atoms. The Morgan fingerprint density at radius 1 is 1.41 bits per heavy atom. The molecule has 0 aromatic heterocycles. The van der Waals surface area contributed by atoms with Crippen molar-refractivity contribution < 1.29 is 18.3 Å². The fraction of sp³-hybridized carbons (Fsp3) is 1.00. The largest absolute Gasteiger partial charge is 0.393 e. The number of piperidine rings is 1. The van der Waals surface area contributed by atoms with Crippen LogP contribution in [0.25, 0.3) is 0 Å². The molecule has 0 saturated carbocycles. The number of sulfonamides is 1. The van der Waals surface area contributed by atoms with E-state index in [0.29, 0.717) is 26.1 Å². The average molecular weight is 265 g/mol. The summed E-state index contributed by atoms with van der Waals surface area (Å²) in [5.41, 5.74) is 0. The summed E-state index contributed by atoms with van der Waals surface area (Å²) in [4.78, 5) is 0. The first kappa shape index (κ1) is 14.9. The molecule has 5 nitrogen and oxygen atoms in total. The summed E-state index contributed by atoms with van der Waals surface area (Å²) in [5.74, 6) is 0.389. The van der Waals surface area contributed by atoms with Crippen LogP contribution >= 0.6 is 0 Å². The molecular weight excluding hydrogens is 242 g/mol. The first-order valence-electron chi connectivity index (χ1n) is 6.12. The summed E-state index contributed by atoms with van der Waals surface area (Å²) in [6, 6.07) is 0. The summed E-state index contributed by atoms with van der Waals surface area (Å²) < 4.78 is 30.3. The van der Waals surface area contributed by atoms with Crippen molar-refractivity contribution >= 4 is 10.0 Å². The normalized spacial score (nSPS) is 21.6. The van der Waals surface area contributed by atoms with E-state index >= 15 is 0 Å². The molecule has 0 amide bonds. The van der Waals surface area contributed by atoms with Crippen molar-refractivity contribution in [2.75, 3.05) is 32.6 Å². The molecule has 1 N–H and O–H groups in total. The van der Waals surface area contributed by atoms with E-state index in [2.05, 4.69) is 0 Å². The van der Waals surface area contributed by atoms with Crippen LogP contribution in [0, 0.1) is 5.92 Å². The number of rotatable bonds is 6. The molecule has 0 radical (unpaired) electrons. The van der Waals surface area contributed by atoms with Gasteiger partial charge in [-0.2, -0.15) is 0 Å². The average Bonchev–Trinajstić information content (AvgIpc) is 2.29. The summed E-state index contributed by atoms with van der Waals surface area (Å²) in [6.45, 7) is 3.31. The van der Waals surface area contributed by atoms with E-state index in [1.807, 2.05) is 0 Å². The van der Waals surface area contributed by atoms with Gasteiger partial charge < -0.3 is 9.84 Å². The molecule has 0 aromatic carbocycles. The van der Waals surface area contributed by atoms with Crippen molar-refractivity contribution in [3.05, 3.63) is 0 Å². The topological polar surface area (TPSA) is 66.8 Å².